The van der Waals surface area contributed by atoms with Crippen LogP contribution in [0, 0.1) is 17.3 Å². The van der Waals surface area contributed by atoms with E-state index < -0.39 is 17.6 Å². The van der Waals surface area contributed by atoms with E-state index in [4.69, 9.17) is 9.47 Å². The number of carbonyl (C=O) groups is 1. The number of aliphatic carboxylic acids is 1. The van der Waals surface area contributed by atoms with Crippen LogP contribution < -0.4 is 4.74 Å². The van der Waals surface area contributed by atoms with Gasteiger partial charge in [-0.2, -0.15) is 0 Å². The van der Waals surface area contributed by atoms with Crippen LogP contribution in [0.1, 0.15) is 54.3 Å². The molecule has 0 unspecified atom stereocenters. The molecule has 0 aliphatic carbocycles. The van der Waals surface area contributed by atoms with Gasteiger partial charge >= 0.3 is 5.97 Å². The molecule has 1 atom stereocenters. The van der Waals surface area contributed by atoms with E-state index in [0.29, 0.717) is 44.0 Å². The number of morpholine rings is 1. The number of methoxy groups -OCH3 is 1. The maximum Gasteiger partial charge on any atom is 0.303 e. The van der Waals surface area contributed by atoms with Gasteiger partial charge in [-0.25, -0.2) is 4.39 Å². The van der Waals surface area contributed by atoms with Crippen LogP contribution in [0.2, 0.25) is 0 Å². The highest BCUT2D eigenvalue weighted by Crippen LogP contribution is 2.43. The SMILES string of the molecule is COc1ccc2ncc(CN3CCOCC3)c([C@@H](F)CCC3(CC(=O)O)CCN(CC#Cc4cccs4)CC3)c2c1. The third-order valence-corrected chi connectivity index (χ3v) is 9.20. The largest absolute Gasteiger partial charge is 0.497 e. The van der Waals surface area contributed by atoms with Gasteiger partial charge in [-0.05, 0) is 79.4 Å². The van der Waals surface area contributed by atoms with Crippen LogP contribution in [0.4, 0.5) is 4.39 Å². The van der Waals surface area contributed by atoms with Crippen molar-refractivity contribution < 1.29 is 23.8 Å². The Kier molecular flexibility index (Phi) is 9.88. The van der Waals surface area contributed by atoms with E-state index in [9.17, 15) is 9.90 Å². The lowest BCUT2D eigenvalue weighted by molar-refractivity contribution is -0.141. The van der Waals surface area contributed by atoms with Gasteiger partial charge < -0.3 is 14.6 Å². The molecule has 0 spiro atoms. The topological polar surface area (TPSA) is 75.1 Å². The van der Waals surface area contributed by atoms with Crippen molar-refractivity contribution in [3.8, 4) is 17.6 Å². The molecule has 5 rings (SSSR count). The Morgan fingerprint density at radius 2 is 2.02 bits per heavy atom. The number of benzene rings is 1. The molecule has 0 saturated carbocycles. The van der Waals surface area contributed by atoms with Gasteiger partial charge in [0.2, 0.25) is 0 Å². The maximum atomic E-state index is 16.5. The summed E-state index contributed by atoms with van der Waals surface area (Å²) in [7, 11) is 1.61. The normalized spacial score (nSPS) is 18.5. The molecule has 2 aromatic heterocycles. The Morgan fingerprint density at radius 3 is 2.73 bits per heavy atom. The number of aromatic nitrogens is 1. The maximum absolute atomic E-state index is 16.5. The molecule has 3 aromatic rings. The number of fused-ring (bicyclic) bond motifs is 1. The summed E-state index contributed by atoms with van der Waals surface area (Å²) >= 11 is 1.62. The summed E-state index contributed by atoms with van der Waals surface area (Å²) in [6.45, 7) is 5.70. The van der Waals surface area contributed by atoms with E-state index in [1.165, 1.54) is 0 Å². The minimum absolute atomic E-state index is 0.0555. The summed E-state index contributed by atoms with van der Waals surface area (Å²) < 4.78 is 27.4. The number of ether oxygens (including phenoxy) is 2. The van der Waals surface area contributed by atoms with Gasteiger partial charge in [-0.1, -0.05) is 17.9 Å². The smallest absolute Gasteiger partial charge is 0.303 e. The summed E-state index contributed by atoms with van der Waals surface area (Å²) in [5.74, 6) is 6.28. The van der Waals surface area contributed by atoms with Crippen LogP contribution in [-0.2, 0) is 16.1 Å². The van der Waals surface area contributed by atoms with Crippen molar-refractivity contribution in [3.05, 3.63) is 57.9 Å². The summed E-state index contributed by atoms with van der Waals surface area (Å²) in [6.07, 6.45) is 2.83. The standard InChI is InChI=1S/C32H38FN3O4S/c1-39-25-6-7-29-27(20-25)31(24(22-34-29)23-36-15-17-40-18-16-36)28(33)8-9-32(21-30(37)38)10-13-35(14-11-32)12-2-4-26-5-3-19-41-26/h3,5-7,19-20,22,28H,8-18,21,23H2,1H3,(H,37,38)/t28-/m0/s1. The molecule has 0 radical (unpaired) electrons. The molecule has 0 bridgehead atoms. The third-order valence-electron chi connectivity index (χ3n) is 8.42. The van der Waals surface area contributed by atoms with Crippen molar-refractivity contribution in [1.29, 1.82) is 0 Å². The third kappa shape index (κ3) is 7.63. The highest BCUT2D eigenvalue weighted by Gasteiger charge is 2.37. The van der Waals surface area contributed by atoms with Gasteiger partial charge in [0.05, 0.1) is 43.7 Å². The molecule has 0 amide bonds. The van der Waals surface area contributed by atoms with E-state index in [1.54, 1.807) is 24.6 Å². The molecule has 2 aliphatic heterocycles. The fourth-order valence-electron chi connectivity index (χ4n) is 6.04. The first-order valence-electron chi connectivity index (χ1n) is 14.3. The zero-order chi connectivity index (χ0) is 28.7. The first-order valence-corrected chi connectivity index (χ1v) is 15.2. The predicted octanol–water partition coefficient (Wildman–Crippen LogP) is 5.54. The van der Waals surface area contributed by atoms with Gasteiger partial charge in [0.15, 0.2) is 0 Å². The lowest BCUT2D eigenvalue weighted by Crippen LogP contribution is -2.41. The van der Waals surface area contributed by atoms with E-state index in [1.807, 2.05) is 35.7 Å². The first kappa shape index (κ1) is 29.5. The first-order chi connectivity index (χ1) is 19.9. The number of halogens is 1. The van der Waals surface area contributed by atoms with Crippen molar-refractivity contribution >= 4 is 28.2 Å². The number of rotatable bonds is 10. The van der Waals surface area contributed by atoms with E-state index in [2.05, 4.69) is 26.6 Å². The fourth-order valence-corrected chi connectivity index (χ4v) is 6.64. The zero-order valence-corrected chi connectivity index (χ0v) is 24.4. The van der Waals surface area contributed by atoms with Crippen LogP contribution in [-0.4, -0.2) is 78.9 Å². The van der Waals surface area contributed by atoms with Crippen LogP contribution in [0.25, 0.3) is 10.9 Å². The Balaban J connectivity index is 1.32. The predicted molar refractivity (Wildman–Crippen MR) is 159 cm³/mol. The number of likely N-dealkylation sites (tertiary alicyclic amines) is 1. The number of piperidine rings is 1. The van der Waals surface area contributed by atoms with Gasteiger partial charge in [0.1, 0.15) is 11.9 Å². The summed E-state index contributed by atoms with van der Waals surface area (Å²) in [6, 6.07) is 9.58. The summed E-state index contributed by atoms with van der Waals surface area (Å²) in [5, 5.41) is 12.6. The molecular formula is C32H38FN3O4S. The second kappa shape index (κ2) is 13.8. The van der Waals surface area contributed by atoms with Crippen LogP contribution >= 0.6 is 11.3 Å². The number of carboxylic acid groups (broad SMARTS) is 1. The second-order valence-corrected chi connectivity index (χ2v) is 12.0. The lowest BCUT2D eigenvalue weighted by atomic mass is 9.71. The van der Waals surface area contributed by atoms with Crippen molar-refractivity contribution in [2.45, 2.75) is 44.8 Å². The van der Waals surface area contributed by atoms with Crippen molar-refractivity contribution in [1.82, 2.24) is 14.8 Å². The van der Waals surface area contributed by atoms with Gasteiger partial charge in [-0.15, -0.1) is 11.3 Å². The molecule has 218 valence electrons. The molecule has 2 fully saturated rings. The average molecular weight is 580 g/mol. The van der Waals surface area contributed by atoms with Crippen molar-refractivity contribution in [2.24, 2.45) is 5.41 Å². The summed E-state index contributed by atoms with van der Waals surface area (Å²) in [5.41, 5.74) is 1.81. The van der Waals surface area contributed by atoms with Crippen LogP contribution in [0.5, 0.6) is 5.75 Å². The Bertz CT molecular complexity index is 1370. The highest BCUT2D eigenvalue weighted by atomic mass is 32.1. The average Bonchev–Trinajstić information content (AvgIpc) is 3.50. The van der Waals surface area contributed by atoms with Crippen molar-refractivity contribution in [3.63, 3.8) is 0 Å². The quantitative estimate of drug-likeness (QED) is 0.316. The number of thiophene rings is 1. The summed E-state index contributed by atoms with van der Waals surface area (Å²) in [4.78, 5) is 22.2. The fraction of sp³-hybridized carbons (Fsp3) is 0.500. The molecule has 1 N–H and O–H groups in total. The molecule has 4 heterocycles. The molecule has 2 saturated heterocycles. The van der Waals surface area contributed by atoms with Gasteiger partial charge in [0, 0.05) is 36.8 Å². The number of carboxylic acids is 1. The van der Waals surface area contributed by atoms with Crippen LogP contribution in [0.3, 0.4) is 0 Å². The molecule has 2 aliphatic rings. The Hall–Kier alpha value is -3.03. The Labute approximate surface area is 245 Å². The van der Waals surface area contributed by atoms with E-state index in [0.717, 1.165) is 60.4 Å². The molecule has 1 aromatic carbocycles. The minimum atomic E-state index is -1.25. The van der Waals surface area contributed by atoms with Gasteiger partial charge in [0.25, 0.3) is 0 Å². The monoisotopic (exact) mass is 579 g/mol. The highest BCUT2D eigenvalue weighted by molar-refractivity contribution is 7.10. The number of alkyl halides is 1. The zero-order valence-electron chi connectivity index (χ0n) is 23.6. The molecule has 41 heavy (non-hydrogen) atoms. The second-order valence-electron chi connectivity index (χ2n) is 11.1. The number of pyridine rings is 1. The van der Waals surface area contributed by atoms with E-state index >= 15 is 4.39 Å². The van der Waals surface area contributed by atoms with Crippen molar-refractivity contribution in [2.75, 3.05) is 53.0 Å². The molecule has 7 nitrogen and oxygen atoms in total. The minimum Gasteiger partial charge on any atom is -0.497 e. The molecular weight excluding hydrogens is 541 g/mol. The number of hydrogen-bond donors (Lipinski definition) is 1. The van der Waals surface area contributed by atoms with E-state index in [-0.39, 0.29) is 12.8 Å². The molecule has 9 heteroatoms. The number of hydrogen-bond acceptors (Lipinski definition) is 7. The van der Waals surface area contributed by atoms with Gasteiger partial charge in [-0.3, -0.25) is 19.6 Å². The van der Waals surface area contributed by atoms with Crippen LogP contribution in [0.15, 0.2) is 41.9 Å². The lowest BCUT2D eigenvalue weighted by Gasteiger charge is -2.41. The number of nitrogens with zero attached hydrogens (tertiary/aromatic N) is 3. The Morgan fingerprint density at radius 1 is 1.22 bits per heavy atom.